The molecule has 0 bridgehead atoms. The highest BCUT2D eigenvalue weighted by Crippen LogP contribution is 2.40. The van der Waals surface area contributed by atoms with Crippen molar-refractivity contribution >= 4 is 65.4 Å². The molecule has 9 aromatic carbocycles. The summed E-state index contributed by atoms with van der Waals surface area (Å²) in [5.41, 5.74) is 12.9. The number of para-hydroxylation sites is 5. The lowest BCUT2D eigenvalue weighted by molar-refractivity contribution is 0.953. The highest BCUT2D eigenvalue weighted by atomic mass is 15.2. The van der Waals surface area contributed by atoms with E-state index in [4.69, 9.17) is 15.0 Å². The Kier molecular flexibility index (Phi) is 7.80. The van der Waals surface area contributed by atoms with Crippen LogP contribution < -0.4 is 0 Å². The molecule has 0 aliphatic carbocycles. The highest BCUT2D eigenvalue weighted by molar-refractivity contribution is 6.19. The van der Waals surface area contributed by atoms with Gasteiger partial charge in [0.25, 0.3) is 0 Å². The molecule has 4 aromatic heterocycles. The van der Waals surface area contributed by atoms with Crippen LogP contribution in [-0.2, 0) is 0 Å². The molecular formula is C57H36N6. The number of aromatic nitrogens is 6. The average molecular weight is 805 g/mol. The fourth-order valence-corrected chi connectivity index (χ4v) is 9.65. The largest absolute Gasteiger partial charge is 0.309 e. The molecule has 0 aliphatic heterocycles. The third-order valence-corrected chi connectivity index (χ3v) is 12.5. The Bertz CT molecular complexity index is 3840. The lowest BCUT2D eigenvalue weighted by Gasteiger charge is -2.13. The predicted octanol–water partition coefficient (Wildman–Crippen LogP) is 14.2. The summed E-state index contributed by atoms with van der Waals surface area (Å²) in [6, 6.07) is 77.3. The molecule has 13 rings (SSSR count). The summed E-state index contributed by atoms with van der Waals surface area (Å²) >= 11 is 0. The van der Waals surface area contributed by atoms with Crippen LogP contribution in [0.3, 0.4) is 0 Å². The van der Waals surface area contributed by atoms with Crippen LogP contribution in [-0.4, -0.2) is 28.7 Å². The van der Waals surface area contributed by atoms with Crippen molar-refractivity contribution in [2.24, 2.45) is 0 Å². The van der Waals surface area contributed by atoms with Crippen molar-refractivity contribution < 1.29 is 0 Å². The Morgan fingerprint density at radius 2 is 0.635 bits per heavy atom. The first-order valence-corrected chi connectivity index (χ1v) is 21.3. The van der Waals surface area contributed by atoms with E-state index in [1.165, 1.54) is 16.2 Å². The molecule has 0 atom stereocenters. The van der Waals surface area contributed by atoms with Crippen molar-refractivity contribution in [2.45, 2.75) is 0 Å². The Morgan fingerprint density at radius 1 is 0.238 bits per heavy atom. The maximum Gasteiger partial charge on any atom is 0.238 e. The average Bonchev–Trinajstić information content (AvgIpc) is 3.99. The quantitative estimate of drug-likeness (QED) is 0.168. The molecular weight excluding hydrogens is 769 g/mol. The lowest BCUT2D eigenvalue weighted by atomic mass is 10.0. The number of nitrogens with zero attached hydrogens (tertiary/aromatic N) is 6. The van der Waals surface area contributed by atoms with Gasteiger partial charge in [0.1, 0.15) is 0 Å². The first kappa shape index (κ1) is 35.2. The molecule has 13 aromatic rings. The van der Waals surface area contributed by atoms with Gasteiger partial charge in [0, 0.05) is 54.8 Å². The number of hydrogen-bond acceptors (Lipinski definition) is 3. The van der Waals surface area contributed by atoms with E-state index in [2.05, 4.69) is 226 Å². The topological polar surface area (TPSA) is 53.5 Å². The minimum absolute atomic E-state index is 0.557. The fraction of sp³-hybridized carbons (Fsp3) is 0. The monoisotopic (exact) mass is 804 g/mol. The van der Waals surface area contributed by atoms with Gasteiger partial charge in [0.15, 0.2) is 11.6 Å². The van der Waals surface area contributed by atoms with Crippen LogP contribution in [0.25, 0.3) is 117 Å². The highest BCUT2D eigenvalue weighted by Gasteiger charge is 2.22. The first-order valence-electron chi connectivity index (χ1n) is 21.3. The second-order valence-electron chi connectivity index (χ2n) is 16.1. The molecule has 63 heavy (non-hydrogen) atoms. The van der Waals surface area contributed by atoms with E-state index in [-0.39, 0.29) is 0 Å². The van der Waals surface area contributed by atoms with Crippen molar-refractivity contribution in [1.29, 1.82) is 0 Å². The lowest BCUT2D eigenvalue weighted by Crippen LogP contribution is -2.06. The molecule has 0 spiro atoms. The number of hydrogen-bond donors (Lipinski definition) is 0. The summed E-state index contributed by atoms with van der Waals surface area (Å²) in [7, 11) is 0. The van der Waals surface area contributed by atoms with Gasteiger partial charge in [-0.05, 0) is 71.8 Å². The number of fused-ring (bicyclic) bond motifs is 9. The van der Waals surface area contributed by atoms with Crippen LogP contribution >= 0.6 is 0 Å². The fourth-order valence-electron chi connectivity index (χ4n) is 9.65. The van der Waals surface area contributed by atoms with E-state index >= 15 is 0 Å². The zero-order chi connectivity index (χ0) is 41.4. The third kappa shape index (κ3) is 5.55. The van der Waals surface area contributed by atoms with Crippen molar-refractivity contribution in [3.8, 4) is 51.2 Å². The molecule has 0 radical (unpaired) electrons. The van der Waals surface area contributed by atoms with Gasteiger partial charge in [-0.2, -0.15) is 9.97 Å². The number of rotatable bonds is 6. The minimum Gasteiger partial charge on any atom is -0.309 e. The minimum atomic E-state index is 0.557. The maximum atomic E-state index is 5.41. The van der Waals surface area contributed by atoms with Crippen molar-refractivity contribution in [1.82, 2.24) is 28.7 Å². The van der Waals surface area contributed by atoms with E-state index < -0.39 is 0 Å². The molecule has 294 valence electrons. The Morgan fingerprint density at radius 3 is 1.22 bits per heavy atom. The van der Waals surface area contributed by atoms with Crippen molar-refractivity contribution in [3.05, 3.63) is 218 Å². The van der Waals surface area contributed by atoms with Gasteiger partial charge >= 0.3 is 0 Å². The van der Waals surface area contributed by atoms with Crippen molar-refractivity contribution in [2.75, 3.05) is 0 Å². The summed E-state index contributed by atoms with van der Waals surface area (Å²) in [4.78, 5) is 16.0. The zero-order valence-electron chi connectivity index (χ0n) is 34.0. The smallest absolute Gasteiger partial charge is 0.238 e. The summed E-state index contributed by atoms with van der Waals surface area (Å²) in [5.74, 6) is 1.75. The second kappa shape index (κ2) is 14.0. The van der Waals surface area contributed by atoms with Crippen LogP contribution in [0.5, 0.6) is 0 Å². The third-order valence-electron chi connectivity index (χ3n) is 12.5. The van der Waals surface area contributed by atoms with Gasteiger partial charge in [-0.1, -0.05) is 158 Å². The van der Waals surface area contributed by atoms with Crippen molar-refractivity contribution in [3.63, 3.8) is 0 Å². The molecule has 0 aliphatic rings. The van der Waals surface area contributed by atoms with Crippen LogP contribution in [0.2, 0.25) is 0 Å². The van der Waals surface area contributed by atoms with Gasteiger partial charge in [-0.3, -0.25) is 4.57 Å². The molecule has 0 unspecified atom stereocenters. The van der Waals surface area contributed by atoms with Gasteiger partial charge in [0.2, 0.25) is 5.95 Å². The van der Waals surface area contributed by atoms with E-state index in [0.717, 1.165) is 82.9 Å². The second-order valence-corrected chi connectivity index (χ2v) is 16.1. The summed E-state index contributed by atoms with van der Waals surface area (Å²) in [6.45, 7) is 0. The van der Waals surface area contributed by atoms with Gasteiger partial charge in [-0.15, -0.1) is 0 Å². The number of benzene rings is 9. The van der Waals surface area contributed by atoms with Crippen LogP contribution in [0.4, 0.5) is 0 Å². The summed E-state index contributed by atoms with van der Waals surface area (Å²) < 4.78 is 6.94. The standard InChI is InChI=1S/C57H36N6/c1-3-16-37(17-4-1)38-30-32-39(33-31-38)55-58-56(40-18-15-21-42(34-40)62-49-26-11-7-22-43(49)44-23-8-12-27-50(44)62)60-57(59-55)63-52-29-14-10-25-46(52)48-35-53-47(36-54(48)63)45-24-9-13-28-51(45)61(53)41-19-5-2-6-20-41/h1-36H. The van der Waals surface area contributed by atoms with E-state index in [0.29, 0.717) is 17.6 Å². The van der Waals surface area contributed by atoms with E-state index in [1.807, 2.05) is 6.07 Å². The van der Waals surface area contributed by atoms with Crippen LogP contribution in [0, 0.1) is 0 Å². The van der Waals surface area contributed by atoms with E-state index in [9.17, 15) is 0 Å². The van der Waals surface area contributed by atoms with Crippen LogP contribution in [0.15, 0.2) is 218 Å². The van der Waals surface area contributed by atoms with Gasteiger partial charge < -0.3 is 9.13 Å². The van der Waals surface area contributed by atoms with Gasteiger partial charge in [0.05, 0.1) is 33.1 Å². The molecule has 6 nitrogen and oxygen atoms in total. The maximum absolute atomic E-state index is 5.41. The first-order chi connectivity index (χ1) is 31.2. The molecule has 0 saturated heterocycles. The zero-order valence-corrected chi connectivity index (χ0v) is 34.0. The van der Waals surface area contributed by atoms with E-state index in [1.54, 1.807) is 0 Å². The summed E-state index contributed by atoms with van der Waals surface area (Å²) in [6.07, 6.45) is 0. The predicted molar refractivity (Wildman–Crippen MR) is 259 cm³/mol. The molecule has 0 N–H and O–H groups in total. The molecule has 0 saturated carbocycles. The molecule has 0 fully saturated rings. The Hall–Kier alpha value is -8.61. The van der Waals surface area contributed by atoms with Gasteiger partial charge in [-0.25, -0.2) is 4.98 Å². The molecule has 6 heteroatoms. The molecule has 0 amide bonds. The molecule has 4 heterocycles. The Labute approximate surface area is 362 Å². The van der Waals surface area contributed by atoms with Crippen LogP contribution in [0.1, 0.15) is 0 Å². The SMILES string of the molecule is c1ccc(-c2ccc(-c3nc(-c4cccc(-n5c6ccccc6c6ccccc65)c4)nc(-n4c5ccccc5c5cc6c(cc54)c4ccccc4n6-c4ccccc4)n3)cc2)cc1. The summed E-state index contributed by atoms with van der Waals surface area (Å²) in [5, 5.41) is 7.04. The Balaban J connectivity index is 1.06. The normalized spacial score (nSPS) is 11.8.